The second-order valence-corrected chi connectivity index (χ2v) is 5.80. The van der Waals surface area contributed by atoms with Crippen LogP contribution in [0.25, 0.3) is 5.69 Å². The minimum atomic E-state index is 0.442. The van der Waals surface area contributed by atoms with Crippen LogP contribution in [0, 0.1) is 0 Å². The molecule has 0 atom stereocenters. The molecule has 0 bridgehead atoms. The smallest absolute Gasteiger partial charge is 0.162 e. The highest BCUT2D eigenvalue weighted by Crippen LogP contribution is 2.25. The van der Waals surface area contributed by atoms with Crippen molar-refractivity contribution in [3.8, 4) is 11.4 Å². The van der Waals surface area contributed by atoms with Gasteiger partial charge >= 0.3 is 0 Å². The fourth-order valence-corrected chi connectivity index (χ4v) is 2.53. The standard InChI is InChI=1S/C16H14Cl2N6O/c1-25-13-5-3-12(4-6-13)24-16(21-22-23-24)8-9-19-20-15-7-2-11(17)10-14(15)18/h2-7,9-10,20H,8H2,1H3/b19-9+. The van der Waals surface area contributed by atoms with Crippen molar-refractivity contribution in [1.82, 2.24) is 20.2 Å². The predicted octanol–water partition coefficient (Wildman–Crippen LogP) is 3.62. The van der Waals surface area contributed by atoms with E-state index >= 15 is 0 Å². The zero-order chi connectivity index (χ0) is 17.6. The topological polar surface area (TPSA) is 77.2 Å². The summed E-state index contributed by atoms with van der Waals surface area (Å²) in [5, 5.41) is 16.9. The van der Waals surface area contributed by atoms with Crippen molar-refractivity contribution in [2.45, 2.75) is 6.42 Å². The summed E-state index contributed by atoms with van der Waals surface area (Å²) in [5.74, 6) is 1.42. The molecule has 3 rings (SSSR count). The lowest BCUT2D eigenvalue weighted by molar-refractivity contribution is 0.414. The second-order valence-electron chi connectivity index (χ2n) is 4.96. The molecule has 0 saturated carbocycles. The molecule has 1 N–H and O–H groups in total. The Morgan fingerprint density at radius 3 is 2.72 bits per heavy atom. The number of nitrogens with one attached hydrogen (secondary N) is 1. The van der Waals surface area contributed by atoms with Crippen LogP contribution >= 0.6 is 23.2 Å². The molecule has 3 aromatic rings. The van der Waals surface area contributed by atoms with Crippen LogP contribution in [0.4, 0.5) is 5.69 Å². The van der Waals surface area contributed by atoms with Gasteiger partial charge in [0.25, 0.3) is 0 Å². The second kappa shape index (κ2) is 7.96. The van der Waals surface area contributed by atoms with Crippen molar-refractivity contribution in [2.24, 2.45) is 5.10 Å². The molecule has 2 aromatic carbocycles. The average Bonchev–Trinajstić information content (AvgIpc) is 3.09. The number of halogens is 2. The van der Waals surface area contributed by atoms with Gasteiger partial charge in [-0.25, -0.2) is 0 Å². The van der Waals surface area contributed by atoms with Crippen LogP contribution in [0.5, 0.6) is 5.75 Å². The lowest BCUT2D eigenvalue weighted by Crippen LogP contribution is -2.04. The van der Waals surface area contributed by atoms with Gasteiger partial charge in [0, 0.05) is 17.7 Å². The van der Waals surface area contributed by atoms with Gasteiger partial charge in [-0.15, -0.1) is 5.10 Å². The van der Waals surface area contributed by atoms with Crippen molar-refractivity contribution in [1.29, 1.82) is 0 Å². The zero-order valence-electron chi connectivity index (χ0n) is 13.2. The normalized spacial score (nSPS) is 11.0. The molecular formula is C16H14Cl2N6O. The van der Waals surface area contributed by atoms with Crippen LogP contribution in [0.3, 0.4) is 0 Å². The van der Waals surface area contributed by atoms with Crippen LogP contribution in [-0.2, 0) is 6.42 Å². The number of hydrogen-bond donors (Lipinski definition) is 1. The Bertz CT molecular complexity index is 879. The van der Waals surface area contributed by atoms with Gasteiger partial charge in [0.1, 0.15) is 5.75 Å². The molecule has 0 radical (unpaired) electrons. The lowest BCUT2D eigenvalue weighted by atomic mass is 10.3. The molecule has 0 aliphatic carbocycles. The molecule has 0 fully saturated rings. The molecule has 9 heteroatoms. The van der Waals surface area contributed by atoms with Crippen LogP contribution in [0.15, 0.2) is 47.6 Å². The number of hydrazone groups is 1. The third-order valence-electron chi connectivity index (χ3n) is 3.33. The number of tetrazole rings is 1. The molecule has 0 aliphatic rings. The van der Waals surface area contributed by atoms with E-state index in [9.17, 15) is 0 Å². The number of nitrogens with zero attached hydrogens (tertiary/aromatic N) is 5. The van der Waals surface area contributed by atoms with E-state index in [2.05, 4.69) is 26.1 Å². The Morgan fingerprint density at radius 2 is 2.00 bits per heavy atom. The molecule has 0 spiro atoms. The monoisotopic (exact) mass is 376 g/mol. The first kappa shape index (κ1) is 17.2. The summed E-state index contributed by atoms with van der Waals surface area (Å²) in [4.78, 5) is 0. The Hall–Kier alpha value is -2.64. The van der Waals surface area contributed by atoms with E-state index in [4.69, 9.17) is 27.9 Å². The number of ether oxygens (including phenoxy) is 1. The molecule has 128 valence electrons. The van der Waals surface area contributed by atoms with Crippen LogP contribution in [0.1, 0.15) is 5.82 Å². The van der Waals surface area contributed by atoms with Gasteiger partial charge in [0.05, 0.1) is 23.5 Å². The number of rotatable bonds is 6. The molecule has 0 amide bonds. The summed E-state index contributed by atoms with van der Waals surface area (Å²) in [6.45, 7) is 0. The molecule has 1 heterocycles. The lowest BCUT2D eigenvalue weighted by Gasteiger charge is -2.05. The van der Waals surface area contributed by atoms with Crippen molar-refractivity contribution in [3.05, 3.63) is 58.3 Å². The minimum Gasteiger partial charge on any atom is -0.497 e. The van der Waals surface area contributed by atoms with Crippen LogP contribution in [-0.4, -0.2) is 33.5 Å². The maximum Gasteiger partial charge on any atom is 0.162 e. The summed E-state index contributed by atoms with van der Waals surface area (Å²) in [6, 6.07) is 12.6. The van der Waals surface area contributed by atoms with E-state index in [0.29, 0.717) is 28.0 Å². The summed E-state index contributed by atoms with van der Waals surface area (Å²) in [6.07, 6.45) is 2.11. The maximum absolute atomic E-state index is 6.07. The quantitative estimate of drug-likeness (QED) is 0.525. The van der Waals surface area contributed by atoms with Gasteiger partial charge < -0.3 is 4.74 Å². The Kier molecular flexibility index (Phi) is 5.47. The summed E-state index contributed by atoms with van der Waals surface area (Å²) in [7, 11) is 1.62. The molecule has 0 aliphatic heterocycles. The predicted molar refractivity (Wildman–Crippen MR) is 98.0 cm³/mol. The van der Waals surface area contributed by atoms with Gasteiger partial charge in [-0.2, -0.15) is 9.78 Å². The highest BCUT2D eigenvalue weighted by Gasteiger charge is 2.07. The van der Waals surface area contributed by atoms with E-state index in [1.165, 1.54) is 0 Å². The number of hydrogen-bond acceptors (Lipinski definition) is 6. The van der Waals surface area contributed by atoms with Gasteiger partial charge in [-0.3, -0.25) is 5.43 Å². The first-order chi connectivity index (χ1) is 12.2. The first-order valence-electron chi connectivity index (χ1n) is 7.31. The molecule has 1 aromatic heterocycles. The molecule has 7 nitrogen and oxygen atoms in total. The molecule has 0 saturated heterocycles. The van der Waals surface area contributed by atoms with Crippen molar-refractivity contribution in [2.75, 3.05) is 12.5 Å². The number of anilines is 1. The van der Waals surface area contributed by atoms with Gasteiger partial charge in [-0.05, 0) is 52.9 Å². The zero-order valence-corrected chi connectivity index (χ0v) is 14.7. The fourth-order valence-electron chi connectivity index (χ4n) is 2.08. The molecule has 25 heavy (non-hydrogen) atoms. The average molecular weight is 377 g/mol. The van der Waals surface area contributed by atoms with E-state index in [-0.39, 0.29) is 0 Å². The third kappa shape index (κ3) is 4.26. The van der Waals surface area contributed by atoms with Crippen LogP contribution < -0.4 is 10.2 Å². The third-order valence-corrected chi connectivity index (χ3v) is 3.88. The largest absolute Gasteiger partial charge is 0.497 e. The van der Waals surface area contributed by atoms with Crippen molar-refractivity contribution >= 4 is 35.1 Å². The van der Waals surface area contributed by atoms with E-state index < -0.39 is 0 Å². The number of methoxy groups -OCH3 is 1. The van der Waals surface area contributed by atoms with Crippen molar-refractivity contribution in [3.63, 3.8) is 0 Å². The highest BCUT2D eigenvalue weighted by molar-refractivity contribution is 6.36. The first-order valence-corrected chi connectivity index (χ1v) is 8.07. The number of aromatic nitrogens is 4. The van der Waals surface area contributed by atoms with Gasteiger partial charge in [-0.1, -0.05) is 23.2 Å². The van der Waals surface area contributed by atoms with Crippen molar-refractivity contribution < 1.29 is 4.74 Å². The minimum absolute atomic E-state index is 0.442. The number of benzene rings is 2. The highest BCUT2D eigenvalue weighted by atomic mass is 35.5. The van der Waals surface area contributed by atoms with Crippen LogP contribution in [0.2, 0.25) is 10.0 Å². The fraction of sp³-hybridized carbons (Fsp3) is 0.125. The molecule has 0 unspecified atom stereocenters. The summed E-state index contributed by atoms with van der Waals surface area (Å²) >= 11 is 11.9. The van der Waals surface area contributed by atoms with Gasteiger partial charge in [0.15, 0.2) is 5.82 Å². The summed E-state index contributed by atoms with van der Waals surface area (Å²) in [5.41, 5.74) is 4.36. The van der Waals surface area contributed by atoms with Gasteiger partial charge in [0.2, 0.25) is 0 Å². The SMILES string of the molecule is COc1ccc(-n2nnnc2C/C=N/Nc2ccc(Cl)cc2Cl)cc1. The van der Waals surface area contributed by atoms with E-state index in [1.807, 2.05) is 24.3 Å². The van der Waals surface area contributed by atoms with E-state index in [0.717, 1.165) is 11.4 Å². The molecular weight excluding hydrogens is 363 g/mol. The Morgan fingerprint density at radius 1 is 1.20 bits per heavy atom. The summed E-state index contributed by atoms with van der Waals surface area (Å²) < 4.78 is 6.79. The Balaban J connectivity index is 1.66. The maximum atomic E-state index is 6.07. The van der Waals surface area contributed by atoms with E-state index in [1.54, 1.807) is 36.2 Å². The Labute approximate surface area is 154 Å².